The highest BCUT2D eigenvalue weighted by Crippen LogP contribution is 2.34. The van der Waals surface area contributed by atoms with Gasteiger partial charge in [-0.25, -0.2) is 0 Å². The van der Waals surface area contributed by atoms with Crippen molar-refractivity contribution >= 4 is 16.9 Å². The van der Waals surface area contributed by atoms with E-state index in [1.807, 2.05) is 48.5 Å². The number of fused-ring (bicyclic) bond motifs is 2. The van der Waals surface area contributed by atoms with E-state index in [1.165, 1.54) is 0 Å². The molecule has 3 N–H and O–H groups in total. The van der Waals surface area contributed by atoms with Crippen molar-refractivity contribution in [3.63, 3.8) is 0 Å². The van der Waals surface area contributed by atoms with Crippen molar-refractivity contribution in [3.8, 4) is 5.75 Å². The molecular formula is C25H28N2O4. The van der Waals surface area contributed by atoms with E-state index < -0.39 is 6.10 Å². The highest BCUT2D eigenvalue weighted by atomic mass is 16.5. The molecule has 1 aliphatic carbocycles. The number of nitrogens with one attached hydrogen (secondary N) is 2. The van der Waals surface area contributed by atoms with Gasteiger partial charge in [0.15, 0.2) is 0 Å². The fourth-order valence-corrected chi connectivity index (χ4v) is 5.00. The summed E-state index contributed by atoms with van der Waals surface area (Å²) in [7, 11) is 0. The van der Waals surface area contributed by atoms with Gasteiger partial charge in [-0.15, -0.1) is 0 Å². The van der Waals surface area contributed by atoms with Crippen molar-refractivity contribution in [1.29, 1.82) is 0 Å². The van der Waals surface area contributed by atoms with E-state index in [-0.39, 0.29) is 11.9 Å². The summed E-state index contributed by atoms with van der Waals surface area (Å²) in [6.45, 7) is 4.17. The van der Waals surface area contributed by atoms with Crippen molar-refractivity contribution in [3.05, 3.63) is 65.4 Å². The zero-order valence-corrected chi connectivity index (χ0v) is 17.6. The lowest BCUT2D eigenvalue weighted by Crippen LogP contribution is -2.49. The average molecular weight is 421 g/mol. The summed E-state index contributed by atoms with van der Waals surface area (Å²) < 4.78 is 11.8. The van der Waals surface area contributed by atoms with Crippen molar-refractivity contribution in [2.75, 3.05) is 13.1 Å². The monoisotopic (exact) mass is 420 g/mol. The van der Waals surface area contributed by atoms with Crippen LogP contribution in [0.5, 0.6) is 5.75 Å². The lowest BCUT2D eigenvalue weighted by Gasteiger charge is -2.35. The van der Waals surface area contributed by atoms with Crippen LogP contribution in [0, 0.1) is 18.8 Å². The first-order valence-electron chi connectivity index (χ1n) is 11.0. The van der Waals surface area contributed by atoms with E-state index in [4.69, 9.17) is 9.15 Å². The molecule has 3 aromatic rings. The fourth-order valence-electron chi connectivity index (χ4n) is 5.00. The van der Waals surface area contributed by atoms with Crippen LogP contribution in [0.4, 0.5) is 0 Å². The van der Waals surface area contributed by atoms with Crippen molar-refractivity contribution in [2.45, 2.75) is 38.5 Å². The SMILES string of the molecule is Cc1oc2ccc(OCc3ccccc3)cc2c1C(=O)N[C@H]1C[C@H]2CNC[C@H]2C[C@@H]1O. The number of aryl methyl sites for hydroxylation is 1. The maximum absolute atomic E-state index is 13.2. The van der Waals surface area contributed by atoms with Crippen LogP contribution in [-0.4, -0.2) is 36.2 Å². The molecule has 2 heterocycles. The van der Waals surface area contributed by atoms with Gasteiger partial charge in [0.25, 0.3) is 5.91 Å². The van der Waals surface area contributed by atoms with Gasteiger partial charge in [0.1, 0.15) is 23.7 Å². The minimum atomic E-state index is -0.520. The Kier molecular flexibility index (Phi) is 5.42. The molecule has 2 aliphatic rings. The first kappa shape index (κ1) is 20.1. The third-order valence-electron chi connectivity index (χ3n) is 6.67. The van der Waals surface area contributed by atoms with Gasteiger partial charge >= 0.3 is 0 Å². The maximum Gasteiger partial charge on any atom is 0.255 e. The number of amides is 1. The second-order valence-corrected chi connectivity index (χ2v) is 8.76. The number of carbonyl (C=O) groups excluding carboxylic acids is 1. The quantitative estimate of drug-likeness (QED) is 0.589. The summed E-state index contributed by atoms with van der Waals surface area (Å²) in [5, 5.41) is 17.8. The van der Waals surface area contributed by atoms with E-state index in [1.54, 1.807) is 6.92 Å². The zero-order valence-electron chi connectivity index (χ0n) is 17.6. The number of aliphatic hydroxyl groups excluding tert-OH is 1. The minimum absolute atomic E-state index is 0.204. The summed E-state index contributed by atoms with van der Waals surface area (Å²) in [5.41, 5.74) is 2.24. The molecule has 31 heavy (non-hydrogen) atoms. The van der Waals surface area contributed by atoms with Gasteiger partial charge < -0.3 is 24.9 Å². The Labute approximate surface area is 181 Å². The Hall–Kier alpha value is -2.83. The topological polar surface area (TPSA) is 83.7 Å². The molecule has 2 fully saturated rings. The molecule has 4 atom stereocenters. The molecule has 1 aromatic heterocycles. The van der Waals surface area contributed by atoms with E-state index in [0.717, 1.165) is 36.9 Å². The molecule has 0 unspecified atom stereocenters. The summed E-state index contributed by atoms with van der Waals surface area (Å²) in [5.74, 6) is 2.06. The highest BCUT2D eigenvalue weighted by Gasteiger charge is 2.39. The van der Waals surface area contributed by atoms with Crippen molar-refractivity contribution in [1.82, 2.24) is 10.6 Å². The van der Waals surface area contributed by atoms with Gasteiger partial charge in [0.05, 0.1) is 17.7 Å². The smallest absolute Gasteiger partial charge is 0.255 e. The van der Waals surface area contributed by atoms with E-state index in [9.17, 15) is 9.90 Å². The second-order valence-electron chi connectivity index (χ2n) is 8.76. The largest absolute Gasteiger partial charge is 0.489 e. The van der Waals surface area contributed by atoms with Crippen LogP contribution >= 0.6 is 0 Å². The fraction of sp³-hybridized carbons (Fsp3) is 0.400. The average Bonchev–Trinajstić information content (AvgIpc) is 3.35. The van der Waals surface area contributed by atoms with Gasteiger partial charge in [-0.1, -0.05) is 30.3 Å². The van der Waals surface area contributed by atoms with Gasteiger partial charge in [0, 0.05) is 5.39 Å². The number of furan rings is 1. The lowest BCUT2D eigenvalue weighted by molar-refractivity contribution is 0.0462. The minimum Gasteiger partial charge on any atom is -0.489 e. The van der Waals surface area contributed by atoms with Crippen LogP contribution in [0.1, 0.15) is 34.5 Å². The molecule has 5 rings (SSSR count). The highest BCUT2D eigenvalue weighted by molar-refractivity contribution is 6.07. The molecule has 1 aliphatic heterocycles. The molecule has 1 amide bonds. The van der Waals surface area contributed by atoms with Gasteiger partial charge in [-0.3, -0.25) is 4.79 Å². The van der Waals surface area contributed by atoms with Crippen LogP contribution in [-0.2, 0) is 6.61 Å². The van der Waals surface area contributed by atoms with Crippen LogP contribution in [0.2, 0.25) is 0 Å². The van der Waals surface area contributed by atoms with Crippen molar-refractivity contribution in [2.24, 2.45) is 11.8 Å². The Balaban J connectivity index is 1.34. The Morgan fingerprint density at radius 1 is 1.16 bits per heavy atom. The van der Waals surface area contributed by atoms with Gasteiger partial charge in [0.2, 0.25) is 0 Å². The number of carbonyl (C=O) groups is 1. The number of hydrogen-bond donors (Lipinski definition) is 3. The number of rotatable bonds is 5. The van der Waals surface area contributed by atoms with Crippen LogP contribution < -0.4 is 15.4 Å². The molecule has 1 saturated heterocycles. The van der Waals surface area contributed by atoms with Crippen LogP contribution in [0.3, 0.4) is 0 Å². The van der Waals surface area contributed by atoms with Gasteiger partial charge in [-0.2, -0.15) is 0 Å². The third-order valence-corrected chi connectivity index (χ3v) is 6.67. The molecule has 162 valence electrons. The normalized spacial score (nSPS) is 25.4. The van der Waals surface area contributed by atoms with E-state index in [0.29, 0.717) is 41.1 Å². The van der Waals surface area contributed by atoms with Crippen LogP contribution in [0.15, 0.2) is 52.9 Å². The standard InChI is InChI=1S/C25H28N2O4/c1-15-24(25(29)27-21-9-17-12-26-13-18(17)10-22(21)28)20-11-19(7-8-23(20)31-15)30-14-16-5-3-2-4-6-16/h2-8,11,17-18,21-22,26,28H,9-10,12-14H2,1H3,(H,27,29)/t17-,18+,21-,22-/m0/s1. The molecule has 1 saturated carbocycles. The lowest BCUT2D eigenvalue weighted by atomic mass is 9.77. The molecular weight excluding hydrogens is 392 g/mol. The number of aliphatic hydroxyl groups is 1. The molecule has 0 spiro atoms. The number of ether oxygens (including phenoxy) is 1. The number of hydrogen-bond acceptors (Lipinski definition) is 5. The second kappa shape index (κ2) is 8.36. The zero-order chi connectivity index (χ0) is 21.4. The Bertz CT molecular complexity index is 1080. The molecule has 0 radical (unpaired) electrons. The predicted octanol–water partition coefficient (Wildman–Crippen LogP) is 3.41. The molecule has 0 bridgehead atoms. The summed E-state index contributed by atoms with van der Waals surface area (Å²) in [4.78, 5) is 13.2. The summed E-state index contributed by atoms with van der Waals surface area (Å²) >= 11 is 0. The van der Waals surface area contributed by atoms with Crippen LogP contribution in [0.25, 0.3) is 11.0 Å². The first-order chi connectivity index (χ1) is 15.1. The van der Waals surface area contributed by atoms with Crippen molar-refractivity contribution < 1.29 is 19.1 Å². The first-order valence-corrected chi connectivity index (χ1v) is 11.0. The molecule has 6 nitrogen and oxygen atoms in total. The summed E-state index contributed by atoms with van der Waals surface area (Å²) in [6.07, 6.45) is 1.00. The molecule has 6 heteroatoms. The Morgan fingerprint density at radius 2 is 1.94 bits per heavy atom. The van der Waals surface area contributed by atoms with E-state index >= 15 is 0 Å². The third kappa shape index (κ3) is 4.05. The summed E-state index contributed by atoms with van der Waals surface area (Å²) in [6, 6.07) is 15.3. The number of benzene rings is 2. The van der Waals surface area contributed by atoms with Gasteiger partial charge in [-0.05, 0) is 68.5 Å². The van der Waals surface area contributed by atoms with E-state index in [2.05, 4.69) is 10.6 Å². The predicted molar refractivity (Wildman–Crippen MR) is 118 cm³/mol. The maximum atomic E-state index is 13.2. The molecule has 2 aromatic carbocycles. The Morgan fingerprint density at radius 3 is 2.74 bits per heavy atom.